The fraction of sp³-hybridized carbons (Fsp3) is 0.500. The lowest BCUT2D eigenvalue weighted by molar-refractivity contribution is -0.118. The van der Waals surface area contributed by atoms with Gasteiger partial charge in [-0.3, -0.25) is 4.79 Å². The molecule has 0 aromatic heterocycles. The minimum Gasteiger partial charge on any atom is -0.495 e. The molecule has 2 saturated carbocycles. The highest BCUT2D eigenvalue weighted by atomic mass is 35.5. The summed E-state index contributed by atoms with van der Waals surface area (Å²) in [6.07, 6.45) is 2.97. The second-order valence-electron chi connectivity index (χ2n) is 5.87. The Morgan fingerprint density at radius 1 is 1.35 bits per heavy atom. The van der Waals surface area contributed by atoms with Gasteiger partial charge in [0, 0.05) is 11.7 Å². The first-order chi connectivity index (χ1) is 10.3. The maximum Gasteiger partial charge on any atom is 0.244 e. The molecular weight excluding hydrogens is 342 g/mol. The van der Waals surface area contributed by atoms with Crippen LogP contribution in [0.2, 0.25) is 0 Å². The molecule has 9 heteroatoms. The molecule has 128 valence electrons. The van der Waals surface area contributed by atoms with Crippen LogP contribution in [0.1, 0.15) is 25.7 Å². The van der Waals surface area contributed by atoms with E-state index in [0.717, 1.165) is 12.8 Å². The molecule has 4 N–H and O–H groups in total. The van der Waals surface area contributed by atoms with Crippen molar-refractivity contribution in [2.24, 2.45) is 5.73 Å². The number of methoxy groups -OCH3 is 1. The molecule has 0 spiro atoms. The fourth-order valence-electron chi connectivity index (χ4n) is 2.07. The predicted octanol–water partition coefficient (Wildman–Crippen LogP) is 0.987. The maximum absolute atomic E-state index is 12.4. The summed E-state index contributed by atoms with van der Waals surface area (Å²) in [4.78, 5) is 12.0. The number of carbonyl (C=O) groups excluding carboxylic acids is 1. The number of amides is 1. The van der Waals surface area contributed by atoms with Gasteiger partial charge in [0.2, 0.25) is 15.9 Å². The van der Waals surface area contributed by atoms with Gasteiger partial charge in [-0.2, -0.15) is 0 Å². The third-order valence-corrected chi connectivity index (χ3v) is 5.39. The van der Waals surface area contributed by atoms with Crippen LogP contribution >= 0.6 is 12.4 Å². The van der Waals surface area contributed by atoms with E-state index in [0.29, 0.717) is 18.5 Å². The molecule has 2 aliphatic carbocycles. The monoisotopic (exact) mass is 361 g/mol. The molecule has 1 aromatic carbocycles. The molecule has 0 bridgehead atoms. The largest absolute Gasteiger partial charge is 0.495 e. The molecular formula is C14H20ClN3O4S. The van der Waals surface area contributed by atoms with Crippen molar-refractivity contribution in [1.82, 2.24) is 4.72 Å². The van der Waals surface area contributed by atoms with Gasteiger partial charge in [-0.1, -0.05) is 0 Å². The van der Waals surface area contributed by atoms with E-state index in [1.165, 1.54) is 19.2 Å². The van der Waals surface area contributed by atoms with Crippen LogP contribution in [-0.2, 0) is 14.8 Å². The number of nitrogens with one attached hydrogen (secondary N) is 2. The van der Waals surface area contributed by atoms with Crippen molar-refractivity contribution in [3.05, 3.63) is 18.2 Å². The van der Waals surface area contributed by atoms with Crippen LogP contribution in [0.5, 0.6) is 5.75 Å². The van der Waals surface area contributed by atoms with Gasteiger partial charge in [0.25, 0.3) is 0 Å². The quantitative estimate of drug-likeness (QED) is 0.699. The summed E-state index contributed by atoms with van der Waals surface area (Å²) in [5.74, 6) is -0.0591. The van der Waals surface area contributed by atoms with Gasteiger partial charge in [0.15, 0.2) is 0 Å². The summed E-state index contributed by atoms with van der Waals surface area (Å²) < 4.78 is 32.5. The molecule has 2 aliphatic rings. The Balaban J connectivity index is 0.00000192. The molecule has 0 saturated heterocycles. The van der Waals surface area contributed by atoms with E-state index in [-0.39, 0.29) is 35.0 Å². The van der Waals surface area contributed by atoms with Crippen LogP contribution in [0.15, 0.2) is 23.1 Å². The van der Waals surface area contributed by atoms with Crippen molar-refractivity contribution in [2.75, 3.05) is 12.4 Å². The number of carbonyl (C=O) groups is 1. The topological polar surface area (TPSA) is 111 Å². The van der Waals surface area contributed by atoms with E-state index in [9.17, 15) is 13.2 Å². The van der Waals surface area contributed by atoms with Gasteiger partial charge in [0.05, 0.1) is 12.6 Å². The summed E-state index contributed by atoms with van der Waals surface area (Å²) in [7, 11) is -2.27. The second-order valence-corrected chi connectivity index (χ2v) is 7.55. The second kappa shape index (κ2) is 6.27. The SMILES string of the molecule is COc1ccc(NC(=O)C2(N)CC2)cc1S(=O)(=O)NC1CC1.Cl. The molecule has 1 aromatic rings. The Kier molecular flexibility index (Phi) is 4.91. The standard InChI is InChI=1S/C14H19N3O4S.ClH/c1-21-11-5-4-10(16-13(18)14(15)6-7-14)8-12(11)22(19,20)17-9-2-3-9;/h4-5,8-9,17H,2-3,6-7,15H2,1H3,(H,16,18);1H. The van der Waals surface area contributed by atoms with Crippen molar-refractivity contribution in [3.63, 3.8) is 0 Å². The third-order valence-electron chi connectivity index (χ3n) is 3.85. The van der Waals surface area contributed by atoms with Gasteiger partial charge >= 0.3 is 0 Å². The Morgan fingerprint density at radius 3 is 2.52 bits per heavy atom. The van der Waals surface area contributed by atoms with Crippen LogP contribution < -0.4 is 20.5 Å². The molecule has 0 heterocycles. The van der Waals surface area contributed by atoms with Crippen LogP contribution in [0.3, 0.4) is 0 Å². The van der Waals surface area contributed by atoms with Gasteiger partial charge in [-0.05, 0) is 43.9 Å². The summed E-state index contributed by atoms with van der Waals surface area (Å²) >= 11 is 0. The molecule has 0 aliphatic heterocycles. The van der Waals surface area contributed by atoms with Crippen molar-refractivity contribution in [3.8, 4) is 5.75 Å². The Labute approximate surface area is 141 Å². The van der Waals surface area contributed by atoms with E-state index in [4.69, 9.17) is 10.5 Å². The number of benzene rings is 1. The highest BCUT2D eigenvalue weighted by Crippen LogP contribution is 2.34. The van der Waals surface area contributed by atoms with Gasteiger partial charge in [-0.15, -0.1) is 12.4 Å². The lowest BCUT2D eigenvalue weighted by Crippen LogP contribution is -2.37. The molecule has 1 amide bonds. The third kappa shape index (κ3) is 3.95. The van der Waals surface area contributed by atoms with Crippen molar-refractivity contribution in [2.45, 2.75) is 42.2 Å². The van der Waals surface area contributed by atoms with Gasteiger partial charge in [-0.25, -0.2) is 13.1 Å². The van der Waals surface area contributed by atoms with Crippen molar-refractivity contribution >= 4 is 34.0 Å². The Bertz CT molecular complexity index is 715. The molecule has 0 atom stereocenters. The normalized spacial score (nSPS) is 18.7. The number of ether oxygens (including phenoxy) is 1. The first-order valence-corrected chi connectivity index (χ1v) is 8.63. The number of sulfonamides is 1. The zero-order valence-electron chi connectivity index (χ0n) is 12.7. The average molecular weight is 362 g/mol. The van der Waals surface area contributed by atoms with Crippen LogP contribution in [0, 0.1) is 0 Å². The lowest BCUT2D eigenvalue weighted by atomic mass is 10.2. The van der Waals surface area contributed by atoms with E-state index in [1.54, 1.807) is 6.07 Å². The van der Waals surface area contributed by atoms with Crippen molar-refractivity contribution < 1.29 is 17.9 Å². The molecule has 0 radical (unpaired) electrons. The molecule has 23 heavy (non-hydrogen) atoms. The van der Waals surface area contributed by atoms with Crippen LogP contribution in [-0.4, -0.2) is 33.0 Å². The maximum atomic E-state index is 12.4. The predicted molar refractivity (Wildman–Crippen MR) is 88.4 cm³/mol. The van der Waals surface area contributed by atoms with Gasteiger partial charge < -0.3 is 15.8 Å². The first kappa shape index (κ1) is 18.0. The number of anilines is 1. The van der Waals surface area contributed by atoms with Gasteiger partial charge in [0.1, 0.15) is 10.6 Å². The highest BCUT2D eigenvalue weighted by Gasteiger charge is 2.46. The molecule has 2 fully saturated rings. The number of halogens is 1. The Hall–Kier alpha value is -1.35. The minimum absolute atomic E-state index is 0. The number of nitrogens with two attached hydrogens (primary N) is 1. The molecule has 7 nitrogen and oxygen atoms in total. The van der Waals surface area contributed by atoms with Crippen LogP contribution in [0.25, 0.3) is 0 Å². The lowest BCUT2D eigenvalue weighted by Gasteiger charge is -2.14. The smallest absolute Gasteiger partial charge is 0.244 e. The zero-order valence-corrected chi connectivity index (χ0v) is 14.3. The Morgan fingerprint density at radius 2 is 2.00 bits per heavy atom. The fourth-order valence-corrected chi connectivity index (χ4v) is 3.57. The van der Waals surface area contributed by atoms with Crippen LogP contribution in [0.4, 0.5) is 5.69 Å². The average Bonchev–Trinajstić information content (AvgIpc) is 3.38. The molecule has 3 rings (SSSR count). The minimum atomic E-state index is -3.68. The number of hydrogen-bond acceptors (Lipinski definition) is 5. The van der Waals surface area contributed by atoms with E-state index in [1.807, 2.05) is 0 Å². The van der Waals surface area contributed by atoms with E-state index in [2.05, 4.69) is 10.0 Å². The van der Waals surface area contributed by atoms with E-state index < -0.39 is 15.6 Å². The van der Waals surface area contributed by atoms with Crippen molar-refractivity contribution in [1.29, 1.82) is 0 Å². The first-order valence-electron chi connectivity index (χ1n) is 7.15. The summed E-state index contributed by atoms with van der Waals surface area (Å²) in [6, 6.07) is 4.51. The number of rotatable bonds is 6. The summed E-state index contributed by atoms with van der Waals surface area (Å²) in [5.41, 5.74) is 5.40. The number of hydrogen-bond donors (Lipinski definition) is 3. The summed E-state index contributed by atoms with van der Waals surface area (Å²) in [6.45, 7) is 0. The zero-order chi connectivity index (χ0) is 16.0. The summed E-state index contributed by atoms with van der Waals surface area (Å²) in [5, 5.41) is 2.67. The van der Waals surface area contributed by atoms with E-state index >= 15 is 0 Å². The molecule has 0 unspecified atom stereocenters. The highest BCUT2D eigenvalue weighted by molar-refractivity contribution is 7.89.